The Hall–Kier alpha value is -2.21. The highest BCUT2D eigenvalue weighted by Gasteiger charge is 2.16. The molecule has 0 radical (unpaired) electrons. The Morgan fingerprint density at radius 3 is 2.71 bits per heavy atom. The third-order valence-corrected chi connectivity index (χ3v) is 3.94. The Morgan fingerprint density at radius 1 is 1.24 bits per heavy atom. The Labute approximate surface area is 130 Å². The van der Waals surface area contributed by atoms with Crippen LogP contribution in [0.25, 0.3) is 0 Å². The van der Waals surface area contributed by atoms with E-state index in [2.05, 4.69) is 21.2 Å². The minimum absolute atomic E-state index is 0.239. The quantitative estimate of drug-likeness (QED) is 0.890. The third kappa shape index (κ3) is 2.80. The summed E-state index contributed by atoms with van der Waals surface area (Å²) in [4.78, 5) is 11.4. The van der Waals surface area contributed by atoms with E-state index in [1.807, 2.05) is 24.3 Å². The van der Waals surface area contributed by atoms with E-state index in [4.69, 9.17) is 15.2 Å². The van der Waals surface area contributed by atoms with Crippen molar-refractivity contribution in [3.63, 3.8) is 0 Å². The lowest BCUT2D eigenvalue weighted by Gasteiger charge is -2.11. The Bertz CT molecular complexity index is 703. The van der Waals surface area contributed by atoms with E-state index >= 15 is 0 Å². The number of anilines is 1. The van der Waals surface area contributed by atoms with Gasteiger partial charge in [0, 0.05) is 16.7 Å². The number of nitrogens with one attached hydrogen (secondary N) is 1. The largest absolute Gasteiger partial charge is 0.454 e. The SMILES string of the molecule is NC(=O)c1ccccc1NCc1cc2c(cc1Br)OCO2. The molecule has 0 fully saturated rings. The molecule has 1 heterocycles. The topological polar surface area (TPSA) is 73.6 Å². The summed E-state index contributed by atoms with van der Waals surface area (Å²) in [7, 11) is 0. The van der Waals surface area contributed by atoms with Gasteiger partial charge in [-0.2, -0.15) is 0 Å². The molecule has 5 nitrogen and oxygen atoms in total. The van der Waals surface area contributed by atoms with Crippen molar-refractivity contribution >= 4 is 27.5 Å². The fourth-order valence-electron chi connectivity index (χ4n) is 2.14. The second-order valence-electron chi connectivity index (χ2n) is 4.56. The molecule has 21 heavy (non-hydrogen) atoms. The minimum atomic E-state index is -0.456. The van der Waals surface area contributed by atoms with Crippen molar-refractivity contribution in [3.05, 3.63) is 52.0 Å². The van der Waals surface area contributed by atoms with E-state index in [0.717, 1.165) is 21.5 Å². The molecule has 0 bridgehead atoms. The van der Waals surface area contributed by atoms with Crippen LogP contribution in [0.2, 0.25) is 0 Å². The standard InChI is InChI=1S/C15H13BrN2O3/c16-11-6-14-13(20-8-21-14)5-9(11)7-18-12-4-2-1-3-10(12)15(17)19/h1-6,18H,7-8H2,(H2,17,19). The van der Waals surface area contributed by atoms with Gasteiger partial charge in [-0.15, -0.1) is 0 Å². The second-order valence-corrected chi connectivity index (χ2v) is 5.41. The molecule has 0 saturated carbocycles. The van der Waals surface area contributed by atoms with Gasteiger partial charge in [0.25, 0.3) is 5.91 Å². The van der Waals surface area contributed by atoms with Gasteiger partial charge in [-0.25, -0.2) is 0 Å². The number of amides is 1. The lowest BCUT2D eigenvalue weighted by atomic mass is 10.1. The fourth-order valence-corrected chi connectivity index (χ4v) is 2.60. The summed E-state index contributed by atoms with van der Waals surface area (Å²) in [6.45, 7) is 0.769. The van der Waals surface area contributed by atoms with Crippen LogP contribution >= 0.6 is 15.9 Å². The van der Waals surface area contributed by atoms with Crippen molar-refractivity contribution in [3.8, 4) is 11.5 Å². The van der Waals surface area contributed by atoms with Gasteiger partial charge >= 0.3 is 0 Å². The molecular weight excluding hydrogens is 336 g/mol. The smallest absolute Gasteiger partial charge is 0.250 e. The van der Waals surface area contributed by atoms with Crippen LogP contribution in [0.15, 0.2) is 40.9 Å². The lowest BCUT2D eigenvalue weighted by Crippen LogP contribution is -2.14. The minimum Gasteiger partial charge on any atom is -0.454 e. The highest BCUT2D eigenvalue weighted by molar-refractivity contribution is 9.10. The molecule has 1 amide bonds. The van der Waals surface area contributed by atoms with E-state index in [1.165, 1.54) is 0 Å². The van der Waals surface area contributed by atoms with Crippen LogP contribution in [-0.2, 0) is 6.54 Å². The molecule has 0 aromatic heterocycles. The Kier molecular flexibility index (Phi) is 3.70. The first-order valence-corrected chi connectivity index (χ1v) is 7.15. The predicted octanol–water partition coefficient (Wildman–Crippen LogP) is 2.89. The van der Waals surface area contributed by atoms with Gasteiger partial charge in [0.1, 0.15) is 0 Å². The Morgan fingerprint density at radius 2 is 1.95 bits per heavy atom. The molecule has 2 aromatic rings. The first-order valence-electron chi connectivity index (χ1n) is 6.36. The van der Waals surface area contributed by atoms with E-state index in [9.17, 15) is 4.79 Å². The van der Waals surface area contributed by atoms with E-state index in [-0.39, 0.29) is 6.79 Å². The molecule has 1 aliphatic rings. The number of ether oxygens (including phenoxy) is 2. The van der Waals surface area contributed by atoms with E-state index < -0.39 is 5.91 Å². The van der Waals surface area contributed by atoms with Crippen LogP contribution in [0.5, 0.6) is 11.5 Å². The first-order chi connectivity index (χ1) is 10.1. The maximum absolute atomic E-state index is 11.4. The number of carbonyl (C=O) groups is 1. The van der Waals surface area contributed by atoms with E-state index in [1.54, 1.807) is 12.1 Å². The van der Waals surface area contributed by atoms with Crippen LogP contribution < -0.4 is 20.5 Å². The summed E-state index contributed by atoms with van der Waals surface area (Å²) in [5.41, 5.74) is 7.53. The summed E-state index contributed by atoms with van der Waals surface area (Å²) in [5, 5.41) is 3.22. The summed E-state index contributed by atoms with van der Waals surface area (Å²) >= 11 is 3.50. The number of benzene rings is 2. The second kappa shape index (κ2) is 5.65. The number of rotatable bonds is 4. The van der Waals surface area contributed by atoms with Gasteiger partial charge in [-0.1, -0.05) is 28.1 Å². The maximum atomic E-state index is 11.4. The van der Waals surface area contributed by atoms with Crippen LogP contribution in [0.1, 0.15) is 15.9 Å². The van der Waals surface area contributed by atoms with Gasteiger partial charge in [-0.3, -0.25) is 4.79 Å². The Balaban J connectivity index is 1.81. The average Bonchev–Trinajstić information content (AvgIpc) is 2.92. The number of para-hydroxylation sites is 1. The molecule has 0 atom stereocenters. The number of hydrogen-bond acceptors (Lipinski definition) is 4. The highest BCUT2D eigenvalue weighted by atomic mass is 79.9. The van der Waals surface area contributed by atoms with Gasteiger partial charge < -0.3 is 20.5 Å². The van der Waals surface area contributed by atoms with Crippen molar-refractivity contribution in [2.45, 2.75) is 6.54 Å². The monoisotopic (exact) mass is 348 g/mol. The first kappa shape index (κ1) is 13.8. The van der Waals surface area contributed by atoms with Crippen LogP contribution in [0, 0.1) is 0 Å². The number of carbonyl (C=O) groups excluding carboxylic acids is 1. The molecule has 0 aliphatic carbocycles. The lowest BCUT2D eigenvalue weighted by molar-refractivity contribution is 0.100. The third-order valence-electron chi connectivity index (χ3n) is 3.20. The molecule has 108 valence electrons. The van der Waals surface area contributed by atoms with Crippen LogP contribution in [-0.4, -0.2) is 12.7 Å². The summed E-state index contributed by atoms with van der Waals surface area (Å²) in [6.07, 6.45) is 0. The zero-order valence-corrected chi connectivity index (χ0v) is 12.6. The summed E-state index contributed by atoms with van der Waals surface area (Å²) in [5.74, 6) is 0.990. The van der Waals surface area contributed by atoms with Crippen LogP contribution in [0.3, 0.4) is 0 Å². The summed E-state index contributed by atoms with van der Waals surface area (Å²) in [6, 6.07) is 10.9. The molecule has 0 saturated heterocycles. The molecule has 3 N–H and O–H groups in total. The van der Waals surface area contributed by atoms with E-state index in [0.29, 0.717) is 17.8 Å². The highest BCUT2D eigenvalue weighted by Crippen LogP contribution is 2.37. The normalized spacial score (nSPS) is 12.2. The molecule has 2 aromatic carbocycles. The van der Waals surface area contributed by atoms with Gasteiger partial charge in [0.15, 0.2) is 11.5 Å². The predicted molar refractivity (Wildman–Crippen MR) is 82.6 cm³/mol. The van der Waals surface area contributed by atoms with Crippen molar-refractivity contribution < 1.29 is 14.3 Å². The van der Waals surface area contributed by atoms with Crippen LogP contribution in [0.4, 0.5) is 5.69 Å². The van der Waals surface area contributed by atoms with Crippen molar-refractivity contribution in [2.75, 3.05) is 12.1 Å². The average molecular weight is 349 g/mol. The number of halogens is 1. The molecule has 3 rings (SSSR count). The molecule has 0 unspecified atom stereocenters. The molecular formula is C15H13BrN2O3. The number of nitrogens with two attached hydrogens (primary N) is 1. The fraction of sp³-hybridized carbons (Fsp3) is 0.133. The zero-order chi connectivity index (χ0) is 14.8. The van der Waals surface area contributed by atoms with Crippen molar-refractivity contribution in [1.29, 1.82) is 0 Å². The summed E-state index contributed by atoms with van der Waals surface area (Å²) < 4.78 is 11.6. The van der Waals surface area contributed by atoms with Gasteiger partial charge in [-0.05, 0) is 29.8 Å². The number of hydrogen-bond donors (Lipinski definition) is 2. The number of fused-ring (bicyclic) bond motifs is 1. The molecule has 6 heteroatoms. The van der Waals surface area contributed by atoms with Crippen molar-refractivity contribution in [1.82, 2.24) is 0 Å². The molecule has 1 aliphatic heterocycles. The van der Waals surface area contributed by atoms with Gasteiger partial charge in [0.05, 0.1) is 5.56 Å². The number of primary amides is 1. The maximum Gasteiger partial charge on any atom is 0.250 e. The zero-order valence-electron chi connectivity index (χ0n) is 11.1. The van der Waals surface area contributed by atoms with Gasteiger partial charge in [0.2, 0.25) is 6.79 Å². The molecule has 0 spiro atoms. The van der Waals surface area contributed by atoms with Crippen molar-refractivity contribution in [2.24, 2.45) is 5.73 Å².